The van der Waals surface area contributed by atoms with E-state index in [0.29, 0.717) is 29.3 Å². The summed E-state index contributed by atoms with van der Waals surface area (Å²) in [5.74, 6) is -0.429. The van der Waals surface area contributed by atoms with Gasteiger partial charge in [0.15, 0.2) is 9.84 Å². The Morgan fingerprint density at radius 3 is 2.79 bits per heavy atom. The summed E-state index contributed by atoms with van der Waals surface area (Å²) in [4.78, 5) is 0. The number of halogens is 2. The van der Waals surface area contributed by atoms with Gasteiger partial charge in [0.1, 0.15) is 5.82 Å². The van der Waals surface area contributed by atoms with Crippen molar-refractivity contribution in [2.24, 2.45) is 0 Å². The van der Waals surface area contributed by atoms with Gasteiger partial charge in [-0.25, -0.2) is 12.8 Å². The highest BCUT2D eigenvalue weighted by Crippen LogP contribution is 2.37. The van der Waals surface area contributed by atoms with E-state index in [1.54, 1.807) is 12.1 Å². The average Bonchev–Trinajstić information content (AvgIpc) is 2.64. The Balaban J connectivity index is 2.30. The summed E-state index contributed by atoms with van der Waals surface area (Å²) in [5, 5.41) is 9.77. The molecule has 1 N–H and O–H groups in total. The first-order valence-corrected chi connectivity index (χ1v) is 8.82. The largest absolute Gasteiger partial charge is 0.388 e. The normalized spacial score (nSPS) is 27.7. The molecule has 1 aromatic carbocycles. The molecule has 2 atom stereocenters. The van der Waals surface area contributed by atoms with Crippen molar-refractivity contribution in [2.75, 3.05) is 6.26 Å². The second kappa shape index (κ2) is 5.14. The van der Waals surface area contributed by atoms with Crippen LogP contribution >= 0.6 is 15.9 Å². The molecule has 1 aromatic rings. The van der Waals surface area contributed by atoms with Crippen LogP contribution < -0.4 is 0 Å². The Kier molecular flexibility index (Phi) is 4.05. The summed E-state index contributed by atoms with van der Waals surface area (Å²) in [5.41, 5.74) is -1.01. The van der Waals surface area contributed by atoms with E-state index in [2.05, 4.69) is 15.9 Å². The molecular formula is C13H16BrFO3S. The van der Waals surface area contributed by atoms with Crippen LogP contribution in [0.4, 0.5) is 4.39 Å². The molecule has 1 fully saturated rings. The molecule has 1 saturated carbocycles. The molecule has 0 spiro atoms. The zero-order valence-electron chi connectivity index (χ0n) is 10.6. The number of sulfone groups is 1. The van der Waals surface area contributed by atoms with E-state index >= 15 is 0 Å². The highest BCUT2D eigenvalue weighted by atomic mass is 79.9. The summed E-state index contributed by atoms with van der Waals surface area (Å²) in [6.07, 6.45) is 2.63. The smallest absolute Gasteiger partial charge is 0.153 e. The predicted octanol–water partition coefficient (Wildman–Crippen LogP) is 2.46. The molecule has 2 unspecified atom stereocenters. The average molecular weight is 351 g/mol. The van der Waals surface area contributed by atoms with E-state index in [0.717, 1.165) is 6.26 Å². The predicted molar refractivity (Wildman–Crippen MR) is 75.2 cm³/mol. The molecule has 106 valence electrons. The minimum absolute atomic E-state index is 0.0316. The van der Waals surface area contributed by atoms with Gasteiger partial charge >= 0.3 is 0 Å². The number of rotatable bonds is 3. The van der Waals surface area contributed by atoms with E-state index in [9.17, 15) is 17.9 Å². The summed E-state index contributed by atoms with van der Waals surface area (Å²) in [6, 6.07) is 4.59. The zero-order chi connectivity index (χ0) is 14.3. The van der Waals surface area contributed by atoms with Crippen molar-refractivity contribution >= 4 is 25.8 Å². The van der Waals surface area contributed by atoms with E-state index in [4.69, 9.17) is 0 Å². The molecule has 1 aliphatic carbocycles. The SMILES string of the molecule is CS(=O)(=O)C1CCCC1(O)Cc1ccc(Br)cc1F. The third-order valence-electron chi connectivity index (χ3n) is 3.70. The van der Waals surface area contributed by atoms with Crippen molar-refractivity contribution in [2.45, 2.75) is 36.5 Å². The quantitative estimate of drug-likeness (QED) is 0.910. The highest BCUT2D eigenvalue weighted by Gasteiger charge is 2.47. The Morgan fingerprint density at radius 2 is 2.21 bits per heavy atom. The van der Waals surface area contributed by atoms with E-state index in [1.807, 2.05) is 0 Å². The van der Waals surface area contributed by atoms with E-state index < -0.39 is 26.5 Å². The van der Waals surface area contributed by atoms with Gasteiger partial charge in [0.2, 0.25) is 0 Å². The number of hydrogen-bond acceptors (Lipinski definition) is 3. The molecule has 19 heavy (non-hydrogen) atoms. The van der Waals surface area contributed by atoms with Crippen LogP contribution in [0.3, 0.4) is 0 Å². The van der Waals surface area contributed by atoms with Crippen molar-refractivity contribution in [3.63, 3.8) is 0 Å². The third kappa shape index (κ3) is 3.17. The lowest BCUT2D eigenvalue weighted by Gasteiger charge is -2.29. The number of hydrogen-bond donors (Lipinski definition) is 1. The van der Waals surface area contributed by atoms with Gasteiger partial charge in [0.25, 0.3) is 0 Å². The maximum absolute atomic E-state index is 13.8. The standard InChI is InChI=1S/C13H16BrFO3S/c1-19(17,18)12-3-2-6-13(12,16)8-9-4-5-10(14)7-11(9)15/h4-5,7,12,16H,2-3,6,8H2,1H3. The monoisotopic (exact) mass is 350 g/mol. The molecule has 0 aliphatic heterocycles. The lowest BCUT2D eigenvalue weighted by molar-refractivity contribution is 0.0504. The van der Waals surface area contributed by atoms with Crippen molar-refractivity contribution in [3.05, 3.63) is 34.1 Å². The summed E-state index contributed by atoms with van der Waals surface area (Å²) >= 11 is 3.17. The Morgan fingerprint density at radius 1 is 1.53 bits per heavy atom. The van der Waals surface area contributed by atoms with Gasteiger partial charge in [0.05, 0.1) is 10.9 Å². The van der Waals surface area contributed by atoms with Crippen LogP contribution in [0, 0.1) is 5.82 Å². The molecule has 1 aliphatic rings. The summed E-state index contributed by atoms with van der Waals surface area (Å²) < 4.78 is 37.9. The first-order chi connectivity index (χ1) is 8.72. The molecule has 0 saturated heterocycles. The van der Waals surface area contributed by atoms with Crippen molar-refractivity contribution < 1.29 is 17.9 Å². The van der Waals surface area contributed by atoms with Crippen LogP contribution in [0.5, 0.6) is 0 Å². The fourth-order valence-electron chi connectivity index (χ4n) is 2.83. The highest BCUT2D eigenvalue weighted by molar-refractivity contribution is 9.10. The van der Waals surface area contributed by atoms with Gasteiger partial charge in [-0.15, -0.1) is 0 Å². The Bertz CT molecular complexity index is 588. The van der Waals surface area contributed by atoms with Crippen LogP contribution in [0.2, 0.25) is 0 Å². The van der Waals surface area contributed by atoms with Crippen LogP contribution in [0.15, 0.2) is 22.7 Å². The maximum atomic E-state index is 13.8. The van der Waals surface area contributed by atoms with Crippen LogP contribution in [0.1, 0.15) is 24.8 Å². The van der Waals surface area contributed by atoms with Crippen molar-refractivity contribution in [3.8, 4) is 0 Å². The van der Waals surface area contributed by atoms with Crippen LogP contribution in [0.25, 0.3) is 0 Å². The topological polar surface area (TPSA) is 54.4 Å². The fourth-order valence-corrected chi connectivity index (χ4v) is 4.76. The van der Waals surface area contributed by atoms with Gasteiger partial charge in [-0.1, -0.05) is 22.0 Å². The first kappa shape index (κ1) is 14.9. The van der Waals surface area contributed by atoms with Gasteiger partial charge in [-0.05, 0) is 37.0 Å². The molecule has 0 heterocycles. The first-order valence-electron chi connectivity index (χ1n) is 6.07. The lowest BCUT2D eigenvalue weighted by Crippen LogP contribution is -2.44. The lowest BCUT2D eigenvalue weighted by atomic mass is 9.92. The summed E-state index contributed by atoms with van der Waals surface area (Å²) in [6.45, 7) is 0. The van der Waals surface area contributed by atoms with Gasteiger partial charge in [0, 0.05) is 17.1 Å². The van der Waals surface area contributed by atoms with E-state index in [1.165, 1.54) is 6.07 Å². The van der Waals surface area contributed by atoms with Crippen molar-refractivity contribution in [1.29, 1.82) is 0 Å². The molecule has 0 bridgehead atoms. The Hall–Kier alpha value is -0.460. The van der Waals surface area contributed by atoms with Gasteiger partial charge in [-0.2, -0.15) is 0 Å². The zero-order valence-corrected chi connectivity index (χ0v) is 13.0. The minimum Gasteiger partial charge on any atom is -0.388 e. The second-order valence-electron chi connectivity index (χ2n) is 5.23. The molecule has 3 nitrogen and oxygen atoms in total. The van der Waals surface area contributed by atoms with Gasteiger partial charge in [-0.3, -0.25) is 0 Å². The molecule has 0 aromatic heterocycles. The maximum Gasteiger partial charge on any atom is 0.153 e. The molecule has 0 radical (unpaired) electrons. The van der Waals surface area contributed by atoms with E-state index in [-0.39, 0.29) is 6.42 Å². The second-order valence-corrected chi connectivity index (χ2v) is 8.37. The Labute approximate surface area is 120 Å². The third-order valence-corrected chi connectivity index (χ3v) is 5.91. The molecule has 0 amide bonds. The molecule has 2 rings (SSSR count). The van der Waals surface area contributed by atoms with Crippen LogP contribution in [-0.2, 0) is 16.3 Å². The number of benzene rings is 1. The number of aliphatic hydroxyl groups is 1. The minimum atomic E-state index is -3.33. The van der Waals surface area contributed by atoms with Gasteiger partial charge < -0.3 is 5.11 Å². The fraction of sp³-hybridized carbons (Fsp3) is 0.538. The van der Waals surface area contributed by atoms with Crippen LogP contribution in [-0.4, -0.2) is 30.6 Å². The summed E-state index contributed by atoms with van der Waals surface area (Å²) in [7, 11) is -3.33. The van der Waals surface area contributed by atoms with Crippen molar-refractivity contribution in [1.82, 2.24) is 0 Å². The molecule has 6 heteroatoms. The molecular weight excluding hydrogens is 335 g/mol.